The Hall–Kier alpha value is -6.05. The number of nitrogens with zero attached hydrogens (tertiary/aromatic N) is 5. The fourth-order valence-electron chi connectivity index (χ4n) is 7.40. The quantitative estimate of drug-likeness (QED) is 0.105. The molecule has 0 unspecified atom stereocenters. The maximum absolute atomic E-state index is 13.1. The highest BCUT2D eigenvalue weighted by atomic mass is 16.7. The Morgan fingerprint density at radius 1 is 0.821 bits per heavy atom. The van der Waals surface area contributed by atoms with Crippen molar-refractivity contribution >= 4 is 28.3 Å². The highest BCUT2D eigenvalue weighted by molar-refractivity contribution is 5.93. The van der Waals surface area contributed by atoms with Crippen molar-refractivity contribution in [3.8, 4) is 11.1 Å². The number of rotatable bonds is 11. The summed E-state index contributed by atoms with van der Waals surface area (Å²) in [5.74, 6) is -0.290. The van der Waals surface area contributed by atoms with Gasteiger partial charge in [-0.1, -0.05) is 84.9 Å². The minimum atomic E-state index is -0.593. The van der Waals surface area contributed by atoms with Crippen LogP contribution in [0.1, 0.15) is 51.6 Å². The van der Waals surface area contributed by atoms with Crippen LogP contribution >= 0.6 is 0 Å². The first kappa shape index (κ1) is 36.9. The maximum atomic E-state index is 13.1. The predicted octanol–water partition coefficient (Wildman–Crippen LogP) is 6.99. The number of non-ortho nitro benzene ring substituents is 1. The number of ether oxygens (including phenoxy) is 2. The molecular formula is C44H42N6O6. The summed E-state index contributed by atoms with van der Waals surface area (Å²) in [7, 11) is 0. The van der Waals surface area contributed by atoms with Gasteiger partial charge in [0.2, 0.25) is 0 Å². The lowest BCUT2D eigenvalue weighted by Gasteiger charge is -2.41. The molecule has 2 aliphatic heterocycles. The number of benzene rings is 5. The minimum absolute atomic E-state index is 0.0208. The summed E-state index contributed by atoms with van der Waals surface area (Å²) < 4.78 is 13.3. The van der Waals surface area contributed by atoms with E-state index in [-0.39, 0.29) is 41.0 Å². The normalized spacial score (nSPS) is 18.8. The summed E-state index contributed by atoms with van der Waals surface area (Å²) >= 11 is 0. The smallest absolute Gasteiger partial charge is 0.271 e. The van der Waals surface area contributed by atoms with E-state index in [2.05, 4.69) is 37.2 Å². The van der Waals surface area contributed by atoms with Crippen LogP contribution in [0.15, 0.2) is 128 Å². The first-order valence-electron chi connectivity index (χ1n) is 18.8. The van der Waals surface area contributed by atoms with Gasteiger partial charge in [0.1, 0.15) is 5.69 Å². The van der Waals surface area contributed by atoms with Gasteiger partial charge in [-0.05, 0) is 52.1 Å². The fraction of sp³-hybridized carbons (Fsp3) is 0.250. The van der Waals surface area contributed by atoms with Crippen LogP contribution in [0.4, 0.5) is 11.4 Å². The van der Waals surface area contributed by atoms with Crippen molar-refractivity contribution in [1.29, 1.82) is 0 Å². The number of hydrogen-bond donors (Lipinski definition) is 2. The Morgan fingerprint density at radius 2 is 1.52 bits per heavy atom. The van der Waals surface area contributed by atoms with Crippen LogP contribution in [0.25, 0.3) is 22.2 Å². The number of para-hydroxylation sites is 2. The number of amides is 1. The van der Waals surface area contributed by atoms with Crippen molar-refractivity contribution in [1.82, 2.24) is 20.2 Å². The third-order valence-corrected chi connectivity index (χ3v) is 10.5. The van der Waals surface area contributed by atoms with E-state index >= 15 is 0 Å². The van der Waals surface area contributed by atoms with E-state index in [9.17, 15) is 20.0 Å². The van der Waals surface area contributed by atoms with E-state index in [0.717, 1.165) is 77.3 Å². The maximum Gasteiger partial charge on any atom is 0.271 e. The van der Waals surface area contributed by atoms with E-state index in [1.165, 1.54) is 6.20 Å². The summed E-state index contributed by atoms with van der Waals surface area (Å²) in [6.45, 7) is 4.32. The van der Waals surface area contributed by atoms with Gasteiger partial charge in [0.25, 0.3) is 11.6 Å². The lowest BCUT2D eigenvalue weighted by atomic mass is 9.97. The number of aliphatic hydroxyl groups excluding tert-OH is 1. The van der Waals surface area contributed by atoms with E-state index in [1.54, 1.807) is 12.1 Å². The number of hydrogen-bond acceptors (Lipinski definition) is 10. The van der Waals surface area contributed by atoms with E-state index in [1.807, 2.05) is 97.1 Å². The minimum Gasteiger partial charge on any atom is -0.392 e. The van der Waals surface area contributed by atoms with Crippen LogP contribution in [0, 0.1) is 10.1 Å². The summed E-state index contributed by atoms with van der Waals surface area (Å²) in [5.41, 5.74) is 8.49. The molecule has 284 valence electrons. The monoisotopic (exact) mass is 750 g/mol. The molecule has 0 bridgehead atoms. The van der Waals surface area contributed by atoms with Crippen LogP contribution in [0.3, 0.4) is 0 Å². The van der Waals surface area contributed by atoms with Crippen LogP contribution in [-0.2, 0) is 22.6 Å². The van der Waals surface area contributed by atoms with Crippen LogP contribution < -0.4 is 10.2 Å². The Bertz CT molecular complexity index is 2300. The third kappa shape index (κ3) is 8.43. The highest BCUT2D eigenvalue weighted by Gasteiger charge is 2.34. The molecule has 3 atom stereocenters. The molecule has 12 heteroatoms. The number of aliphatic hydroxyl groups is 1. The highest BCUT2D eigenvalue weighted by Crippen LogP contribution is 2.39. The van der Waals surface area contributed by atoms with Gasteiger partial charge in [-0.25, -0.2) is 4.98 Å². The molecule has 8 rings (SSSR count). The van der Waals surface area contributed by atoms with Gasteiger partial charge in [-0.3, -0.25) is 24.8 Å². The number of piperazine rings is 1. The molecule has 0 saturated carbocycles. The van der Waals surface area contributed by atoms with Gasteiger partial charge in [0, 0.05) is 69.1 Å². The predicted molar refractivity (Wildman–Crippen MR) is 213 cm³/mol. The third-order valence-electron chi connectivity index (χ3n) is 10.5. The number of aromatic nitrogens is 2. The number of anilines is 1. The first-order valence-corrected chi connectivity index (χ1v) is 18.8. The molecule has 2 fully saturated rings. The molecule has 0 radical (unpaired) electrons. The summed E-state index contributed by atoms with van der Waals surface area (Å²) in [6, 6.07) is 38.3. The molecule has 3 heterocycles. The number of nitro groups is 1. The number of carbonyl (C=O) groups excluding carboxylic acids is 1. The molecule has 6 aromatic rings. The van der Waals surface area contributed by atoms with Gasteiger partial charge in [-0.15, -0.1) is 0 Å². The molecule has 0 aliphatic carbocycles. The van der Waals surface area contributed by atoms with Crippen molar-refractivity contribution in [3.63, 3.8) is 0 Å². The van der Waals surface area contributed by atoms with Crippen LogP contribution in [-0.4, -0.2) is 69.6 Å². The zero-order valence-electron chi connectivity index (χ0n) is 30.7. The largest absolute Gasteiger partial charge is 0.392 e. The second kappa shape index (κ2) is 16.8. The molecule has 56 heavy (non-hydrogen) atoms. The van der Waals surface area contributed by atoms with Gasteiger partial charge in [0.15, 0.2) is 6.29 Å². The summed E-state index contributed by atoms with van der Waals surface area (Å²) in [4.78, 5) is 37.3. The molecule has 2 N–H and O–H groups in total. The Morgan fingerprint density at radius 3 is 2.25 bits per heavy atom. The van der Waals surface area contributed by atoms with Crippen molar-refractivity contribution < 1.29 is 24.3 Å². The number of nitro benzene ring substituents is 1. The molecule has 2 saturated heterocycles. The lowest BCUT2D eigenvalue weighted by molar-refractivity contribution is -0.384. The first-order chi connectivity index (χ1) is 27.4. The molecular weight excluding hydrogens is 709 g/mol. The zero-order chi connectivity index (χ0) is 38.4. The van der Waals surface area contributed by atoms with Gasteiger partial charge in [0.05, 0.1) is 41.0 Å². The van der Waals surface area contributed by atoms with E-state index < -0.39 is 6.29 Å². The molecule has 1 amide bonds. The number of fused-ring (bicyclic) bond motifs is 1. The lowest BCUT2D eigenvalue weighted by Crippen LogP contribution is -2.49. The van der Waals surface area contributed by atoms with Gasteiger partial charge in [-0.2, -0.15) is 0 Å². The number of nitrogens with one attached hydrogen (secondary N) is 1. The van der Waals surface area contributed by atoms with Crippen molar-refractivity contribution in [2.75, 3.05) is 37.6 Å². The molecule has 12 nitrogen and oxygen atoms in total. The second-order valence-corrected chi connectivity index (χ2v) is 14.1. The molecule has 0 spiro atoms. The fourth-order valence-corrected chi connectivity index (χ4v) is 7.40. The second-order valence-electron chi connectivity index (χ2n) is 14.1. The Balaban J connectivity index is 0.948. The van der Waals surface area contributed by atoms with Crippen molar-refractivity contribution in [2.45, 2.75) is 38.1 Å². The molecule has 2 aliphatic rings. The topological polar surface area (TPSA) is 143 Å². The zero-order valence-corrected chi connectivity index (χ0v) is 30.7. The standard InChI is InChI=1S/C44H42N6O6/c51-29-30-9-11-32(12-10-30)42-25-37(28-48-21-23-49(24-22-48)35-17-19-36(20-18-35)50(53)54)55-44(56-42)33-15-13-31(14-16-33)38-6-2-1-5-34(38)26-46-43(52)41-27-45-39-7-3-4-8-40(39)47-41/h1-20,27,37,42,44,51H,21-26,28-29H2,(H,46,52)/t37-,42+,44+/m1/s1. The SMILES string of the molecule is O=C(NCc1ccccc1-c1ccc([C@H]2O[C@@H](CN3CCN(c4ccc([N+](=O)[O-])cc4)CC3)C[C@@H](c3ccc(CO)cc3)O2)cc1)c1cnc2ccccc2n1. The summed E-state index contributed by atoms with van der Waals surface area (Å²) in [5, 5.41) is 23.7. The van der Waals surface area contributed by atoms with E-state index in [0.29, 0.717) is 18.5 Å². The van der Waals surface area contributed by atoms with Crippen molar-refractivity contribution in [2.24, 2.45) is 0 Å². The molecule has 1 aromatic heterocycles. The molecule has 5 aromatic carbocycles. The van der Waals surface area contributed by atoms with Gasteiger partial charge < -0.3 is 24.8 Å². The summed E-state index contributed by atoms with van der Waals surface area (Å²) in [6.07, 6.45) is 1.29. The van der Waals surface area contributed by atoms with Crippen LogP contribution in [0.5, 0.6) is 0 Å². The average Bonchev–Trinajstić information content (AvgIpc) is 3.25. The Kier molecular flexibility index (Phi) is 11.0. The van der Waals surface area contributed by atoms with Crippen LogP contribution in [0.2, 0.25) is 0 Å². The average molecular weight is 751 g/mol. The Labute approximate surface area is 324 Å². The van der Waals surface area contributed by atoms with Crippen molar-refractivity contribution in [3.05, 3.63) is 166 Å². The van der Waals surface area contributed by atoms with E-state index in [4.69, 9.17) is 9.47 Å². The number of carbonyl (C=O) groups is 1. The van der Waals surface area contributed by atoms with Gasteiger partial charge >= 0.3 is 0 Å².